The second-order valence-corrected chi connectivity index (χ2v) is 10.5. The summed E-state index contributed by atoms with van der Waals surface area (Å²) in [5.74, 6) is 2.50. The number of nitrogens with zero attached hydrogens (tertiary/aromatic N) is 4. The van der Waals surface area contributed by atoms with Crippen LogP contribution in [0.1, 0.15) is 49.4 Å². The van der Waals surface area contributed by atoms with Gasteiger partial charge in [0.1, 0.15) is 16.5 Å². The lowest BCUT2D eigenvalue weighted by molar-refractivity contribution is -0.148. The van der Waals surface area contributed by atoms with Gasteiger partial charge in [-0.25, -0.2) is 9.97 Å². The van der Waals surface area contributed by atoms with Crippen molar-refractivity contribution in [1.29, 1.82) is 0 Å². The van der Waals surface area contributed by atoms with E-state index in [1.165, 1.54) is 22.2 Å². The van der Waals surface area contributed by atoms with Crippen LogP contribution in [0, 0.1) is 11.8 Å². The number of fused-ring (bicyclic) bond motifs is 3. The molecule has 2 saturated heterocycles. The molecule has 2 aromatic rings. The van der Waals surface area contributed by atoms with E-state index in [0.717, 1.165) is 87.5 Å². The largest absolute Gasteiger partial charge is 0.466 e. The van der Waals surface area contributed by atoms with E-state index in [1.807, 2.05) is 18.3 Å². The Morgan fingerprint density at radius 1 is 1.22 bits per heavy atom. The Hall–Kier alpha value is -1.77. The lowest BCUT2D eigenvalue weighted by atomic mass is 9.89. The van der Waals surface area contributed by atoms with Crippen molar-refractivity contribution in [3.63, 3.8) is 0 Å². The van der Waals surface area contributed by atoms with Gasteiger partial charge < -0.3 is 14.4 Å². The molecule has 0 spiro atoms. The van der Waals surface area contributed by atoms with Gasteiger partial charge >= 0.3 is 5.97 Å². The van der Waals surface area contributed by atoms with Crippen molar-refractivity contribution in [3.05, 3.63) is 16.3 Å². The normalized spacial score (nSPS) is 24.5. The molecule has 0 aromatic carbocycles. The summed E-state index contributed by atoms with van der Waals surface area (Å²) in [6, 6.07) is 0. The Balaban J connectivity index is 1.51. The summed E-state index contributed by atoms with van der Waals surface area (Å²) in [7, 11) is 0. The first-order chi connectivity index (χ1) is 15.6. The fourth-order valence-electron chi connectivity index (χ4n) is 5.25. The summed E-state index contributed by atoms with van der Waals surface area (Å²) in [5.41, 5.74) is 1.45. The molecule has 8 heteroatoms. The van der Waals surface area contributed by atoms with Crippen LogP contribution in [-0.4, -0.2) is 66.8 Å². The molecule has 7 nitrogen and oxygen atoms in total. The zero-order chi connectivity index (χ0) is 22.1. The summed E-state index contributed by atoms with van der Waals surface area (Å²) < 4.78 is 10.9. The number of hydrogen-bond acceptors (Lipinski definition) is 8. The van der Waals surface area contributed by atoms with Crippen LogP contribution in [0.15, 0.2) is 0 Å². The third kappa shape index (κ3) is 4.50. The molecule has 2 atom stereocenters. The van der Waals surface area contributed by atoms with Gasteiger partial charge in [-0.3, -0.25) is 9.69 Å². The van der Waals surface area contributed by atoms with E-state index >= 15 is 0 Å². The quantitative estimate of drug-likeness (QED) is 0.636. The zero-order valence-corrected chi connectivity index (χ0v) is 20.1. The number of carbonyl (C=O) groups excluding carboxylic acids is 1. The molecule has 5 rings (SSSR count). The van der Waals surface area contributed by atoms with Crippen molar-refractivity contribution in [2.75, 3.05) is 50.9 Å². The molecule has 32 heavy (non-hydrogen) atoms. The molecule has 1 aliphatic carbocycles. The number of aromatic nitrogens is 2. The Morgan fingerprint density at radius 2 is 2.06 bits per heavy atom. The lowest BCUT2D eigenvalue weighted by Gasteiger charge is -2.33. The van der Waals surface area contributed by atoms with Gasteiger partial charge in [-0.1, -0.05) is 6.92 Å². The molecule has 0 radical (unpaired) electrons. The Kier molecular flexibility index (Phi) is 6.62. The monoisotopic (exact) mass is 458 g/mol. The van der Waals surface area contributed by atoms with Gasteiger partial charge in [0.25, 0.3) is 0 Å². The summed E-state index contributed by atoms with van der Waals surface area (Å²) in [6.45, 7) is 10.4. The Labute approximate surface area is 194 Å². The summed E-state index contributed by atoms with van der Waals surface area (Å²) >= 11 is 1.86. The summed E-state index contributed by atoms with van der Waals surface area (Å²) in [4.78, 5) is 30.0. The number of ether oxygens (including phenoxy) is 2. The number of anilines is 1. The minimum Gasteiger partial charge on any atom is -0.466 e. The van der Waals surface area contributed by atoms with E-state index in [4.69, 9.17) is 19.4 Å². The molecule has 2 aliphatic heterocycles. The summed E-state index contributed by atoms with van der Waals surface area (Å²) in [5, 5.41) is 1.24. The van der Waals surface area contributed by atoms with Gasteiger partial charge in [0.2, 0.25) is 0 Å². The molecule has 174 valence electrons. The molecule has 0 amide bonds. The molecule has 3 aliphatic rings. The standard InChI is InChI=1S/C24H34N4O3S/c1-3-31-24(29)17-5-4-8-28(14-17)22-21-18-7-6-16(2)13-19(18)32-23(21)26-20(25-22)15-27-9-11-30-12-10-27/h16-17H,3-15H2,1-2H3. The minimum absolute atomic E-state index is 0.0720. The second-order valence-electron chi connectivity index (χ2n) is 9.42. The average Bonchev–Trinajstić information content (AvgIpc) is 3.16. The summed E-state index contributed by atoms with van der Waals surface area (Å²) in [6.07, 6.45) is 5.34. The van der Waals surface area contributed by atoms with Gasteiger partial charge in [0, 0.05) is 31.1 Å². The van der Waals surface area contributed by atoms with Crippen molar-refractivity contribution in [1.82, 2.24) is 14.9 Å². The van der Waals surface area contributed by atoms with E-state index in [-0.39, 0.29) is 11.9 Å². The van der Waals surface area contributed by atoms with E-state index in [2.05, 4.69) is 16.7 Å². The van der Waals surface area contributed by atoms with E-state index in [1.54, 1.807) is 0 Å². The third-order valence-corrected chi connectivity index (χ3v) is 8.14. The number of rotatable bonds is 5. The van der Waals surface area contributed by atoms with E-state index in [9.17, 15) is 4.79 Å². The van der Waals surface area contributed by atoms with Gasteiger partial charge in [0.05, 0.1) is 37.7 Å². The van der Waals surface area contributed by atoms with Crippen molar-refractivity contribution >= 4 is 33.3 Å². The fraction of sp³-hybridized carbons (Fsp3) is 0.708. The highest BCUT2D eigenvalue weighted by molar-refractivity contribution is 7.19. The van der Waals surface area contributed by atoms with Crippen molar-refractivity contribution in [2.24, 2.45) is 11.8 Å². The van der Waals surface area contributed by atoms with Crippen LogP contribution in [-0.2, 0) is 33.7 Å². The molecule has 4 heterocycles. The number of esters is 1. The van der Waals surface area contributed by atoms with Crippen molar-refractivity contribution in [3.8, 4) is 0 Å². The van der Waals surface area contributed by atoms with Crippen LogP contribution in [0.3, 0.4) is 0 Å². The van der Waals surface area contributed by atoms with E-state index in [0.29, 0.717) is 13.2 Å². The number of thiophene rings is 1. The minimum atomic E-state index is -0.0779. The van der Waals surface area contributed by atoms with Crippen LogP contribution >= 0.6 is 11.3 Å². The fourth-order valence-corrected chi connectivity index (χ4v) is 6.64. The molecule has 0 saturated carbocycles. The van der Waals surface area contributed by atoms with Gasteiger partial charge in [-0.15, -0.1) is 11.3 Å². The smallest absolute Gasteiger partial charge is 0.310 e. The Morgan fingerprint density at radius 3 is 2.88 bits per heavy atom. The molecule has 2 aromatic heterocycles. The van der Waals surface area contributed by atoms with E-state index < -0.39 is 0 Å². The van der Waals surface area contributed by atoms with Crippen LogP contribution in [0.25, 0.3) is 10.2 Å². The number of carbonyl (C=O) groups is 1. The predicted molar refractivity (Wildman–Crippen MR) is 126 cm³/mol. The number of aryl methyl sites for hydroxylation is 1. The van der Waals surface area contributed by atoms with Crippen LogP contribution in [0.5, 0.6) is 0 Å². The molecule has 2 unspecified atom stereocenters. The highest BCUT2D eigenvalue weighted by atomic mass is 32.1. The molecule has 0 N–H and O–H groups in total. The van der Waals surface area contributed by atoms with Gasteiger partial charge in [0.15, 0.2) is 0 Å². The van der Waals surface area contributed by atoms with Gasteiger partial charge in [-0.2, -0.15) is 0 Å². The topological polar surface area (TPSA) is 67.8 Å². The van der Waals surface area contributed by atoms with Gasteiger partial charge in [-0.05, 0) is 50.5 Å². The Bertz CT molecular complexity index is 972. The van der Waals surface area contributed by atoms with Crippen LogP contribution in [0.4, 0.5) is 5.82 Å². The van der Waals surface area contributed by atoms with Crippen molar-refractivity contribution in [2.45, 2.75) is 52.5 Å². The number of morpholine rings is 1. The maximum absolute atomic E-state index is 12.5. The molecular weight excluding hydrogens is 424 g/mol. The predicted octanol–water partition coefficient (Wildman–Crippen LogP) is 3.43. The van der Waals surface area contributed by atoms with Crippen LogP contribution < -0.4 is 4.90 Å². The number of piperidine rings is 1. The highest BCUT2D eigenvalue weighted by Crippen LogP contribution is 2.42. The number of hydrogen-bond donors (Lipinski definition) is 0. The maximum Gasteiger partial charge on any atom is 0.310 e. The third-order valence-electron chi connectivity index (χ3n) is 6.99. The SMILES string of the molecule is CCOC(=O)C1CCCN(c2nc(CN3CCOCC3)nc3sc4c(c23)CCC(C)C4)C1. The second kappa shape index (κ2) is 9.61. The highest BCUT2D eigenvalue weighted by Gasteiger charge is 2.31. The maximum atomic E-state index is 12.5. The zero-order valence-electron chi connectivity index (χ0n) is 19.3. The first-order valence-corrected chi connectivity index (χ1v) is 13.0. The molecule has 0 bridgehead atoms. The van der Waals surface area contributed by atoms with Crippen LogP contribution in [0.2, 0.25) is 0 Å². The first kappa shape index (κ1) is 22.0. The lowest BCUT2D eigenvalue weighted by Crippen LogP contribution is -2.40. The molecule has 2 fully saturated rings. The molecular formula is C24H34N4O3S. The van der Waals surface area contributed by atoms with Crippen molar-refractivity contribution < 1.29 is 14.3 Å². The first-order valence-electron chi connectivity index (χ1n) is 12.1. The average molecular weight is 459 g/mol.